The molecule has 0 fully saturated rings. The van der Waals surface area contributed by atoms with Gasteiger partial charge in [-0.2, -0.15) is 0 Å². The van der Waals surface area contributed by atoms with Gasteiger partial charge in [0, 0.05) is 62.5 Å². The number of hydrogen-bond acceptors (Lipinski definition) is 6. The number of ether oxygens (including phenoxy) is 5. The Morgan fingerprint density at radius 3 is 1.86 bits per heavy atom. The van der Waals surface area contributed by atoms with Gasteiger partial charge in [-0.3, -0.25) is 4.57 Å². The van der Waals surface area contributed by atoms with Crippen molar-refractivity contribution < 1.29 is 28.2 Å². The molecule has 49 heavy (non-hydrogen) atoms. The first-order valence-corrected chi connectivity index (χ1v) is 18.6. The van der Waals surface area contributed by atoms with E-state index >= 15 is 4.57 Å². The standard InChI is InChI=1S/C40H49N2O6P/c1-32-38-29-35(48-31-46-4)23-24-39(38)42(40(32)33-19-21-34(22-20-33)47-30-45-3)26-14-6-5-13-25-41(27-28-44-2)49(43,36-15-9-7-10-16-36)37-17-11-8-12-18-37/h7-12,15-24,29H,5-6,13-14,25-28,30-31H2,1-4H3. The molecule has 0 radical (unpaired) electrons. The van der Waals surface area contributed by atoms with Gasteiger partial charge < -0.3 is 28.3 Å². The molecule has 0 bridgehead atoms. The second-order valence-corrected chi connectivity index (χ2v) is 14.8. The van der Waals surface area contributed by atoms with E-state index in [0.29, 0.717) is 13.2 Å². The quantitative estimate of drug-likeness (QED) is 0.0467. The Hall–Kier alpha value is -3.91. The fraction of sp³-hybridized carbons (Fsp3) is 0.350. The number of nitrogens with zero attached hydrogens (tertiary/aromatic N) is 2. The fourth-order valence-electron chi connectivity index (χ4n) is 6.40. The highest BCUT2D eigenvalue weighted by atomic mass is 31.2. The Morgan fingerprint density at radius 1 is 0.653 bits per heavy atom. The SMILES string of the molecule is COCCN(CCCCCCn1c(-c2ccc(OCOC)cc2)c(C)c2cc(OCOC)ccc21)P(=O)(c1ccccc1)c1ccccc1. The predicted octanol–water partition coefficient (Wildman–Crippen LogP) is 8.02. The van der Waals surface area contributed by atoms with E-state index in [2.05, 4.69) is 40.4 Å². The Kier molecular flexibility index (Phi) is 13.5. The van der Waals surface area contributed by atoms with Crippen molar-refractivity contribution in [3.63, 3.8) is 0 Å². The number of hydrogen-bond donors (Lipinski definition) is 0. The number of rotatable bonds is 20. The van der Waals surface area contributed by atoms with E-state index < -0.39 is 7.29 Å². The van der Waals surface area contributed by atoms with Crippen LogP contribution in [0.2, 0.25) is 0 Å². The Balaban J connectivity index is 1.31. The van der Waals surface area contributed by atoms with Crippen molar-refractivity contribution in [1.29, 1.82) is 0 Å². The number of fused-ring (bicyclic) bond motifs is 1. The van der Waals surface area contributed by atoms with E-state index in [-0.39, 0.29) is 13.6 Å². The summed E-state index contributed by atoms with van der Waals surface area (Å²) in [5, 5.41) is 2.87. The molecule has 1 heterocycles. The molecule has 0 aliphatic rings. The highest BCUT2D eigenvalue weighted by Crippen LogP contribution is 2.47. The first kappa shape index (κ1) is 36.4. The second-order valence-electron chi connectivity index (χ2n) is 12.0. The van der Waals surface area contributed by atoms with Gasteiger partial charge in [-0.15, -0.1) is 0 Å². The van der Waals surface area contributed by atoms with Crippen molar-refractivity contribution in [3.05, 3.63) is 109 Å². The fourth-order valence-corrected chi connectivity index (χ4v) is 9.29. The highest BCUT2D eigenvalue weighted by molar-refractivity contribution is 7.76. The van der Waals surface area contributed by atoms with E-state index in [4.69, 9.17) is 23.7 Å². The van der Waals surface area contributed by atoms with Gasteiger partial charge in [0.15, 0.2) is 13.6 Å². The summed E-state index contributed by atoms with van der Waals surface area (Å²) < 4.78 is 46.7. The van der Waals surface area contributed by atoms with Gasteiger partial charge in [0.05, 0.1) is 12.3 Å². The molecule has 0 unspecified atom stereocenters. The largest absolute Gasteiger partial charge is 0.468 e. The maximum atomic E-state index is 15.0. The maximum absolute atomic E-state index is 15.0. The van der Waals surface area contributed by atoms with Crippen LogP contribution >= 0.6 is 7.29 Å². The van der Waals surface area contributed by atoms with E-state index in [9.17, 15) is 0 Å². The summed E-state index contributed by atoms with van der Waals surface area (Å²) >= 11 is 0. The average Bonchev–Trinajstić information content (AvgIpc) is 3.43. The van der Waals surface area contributed by atoms with Crippen molar-refractivity contribution in [2.45, 2.75) is 39.2 Å². The van der Waals surface area contributed by atoms with Crippen LogP contribution in [0, 0.1) is 6.92 Å². The molecule has 9 heteroatoms. The van der Waals surface area contributed by atoms with Crippen LogP contribution in [0.15, 0.2) is 103 Å². The van der Waals surface area contributed by atoms with Crippen molar-refractivity contribution in [3.8, 4) is 22.8 Å². The molecule has 0 spiro atoms. The van der Waals surface area contributed by atoms with Crippen LogP contribution in [0.3, 0.4) is 0 Å². The topological polar surface area (TPSA) is 71.4 Å². The maximum Gasteiger partial charge on any atom is 0.207 e. The second kappa shape index (κ2) is 18.2. The lowest BCUT2D eigenvalue weighted by molar-refractivity contribution is 0.0510. The van der Waals surface area contributed by atoms with E-state index in [1.54, 1.807) is 21.3 Å². The predicted molar refractivity (Wildman–Crippen MR) is 199 cm³/mol. The molecule has 5 aromatic rings. The van der Waals surface area contributed by atoms with Gasteiger partial charge in [0.25, 0.3) is 0 Å². The minimum Gasteiger partial charge on any atom is -0.468 e. The summed E-state index contributed by atoms with van der Waals surface area (Å²) in [6.07, 6.45) is 4.03. The molecule has 260 valence electrons. The third-order valence-electron chi connectivity index (χ3n) is 8.81. The van der Waals surface area contributed by atoms with Crippen LogP contribution in [0.25, 0.3) is 22.2 Å². The number of benzene rings is 4. The molecule has 5 rings (SSSR count). The molecule has 0 saturated carbocycles. The third-order valence-corrected chi connectivity index (χ3v) is 12.0. The molecule has 0 atom stereocenters. The monoisotopic (exact) mass is 684 g/mol. The van der Waals surface area contributed by atoms with Crippen LogP contribution in [0.5, 0.6) is 11.5 Å². The molecule has 1 aromatic heterocycles. The van der Waals surface area contributed by atoms with Crippen LogP contribution < -0.4 is 20.1 Å². The lowest BCUT2D eigenvalue weighted by atomic mass is 10.1. The van der Waals surface area contributed by atoms with Gasteiger partial charge in [-0.1, -0.05) is 49.2 Å². The van der Waals surface area contributed by atoms with Gasteiger partial charge in [0.2, 0.25) is 7.29 Å². The molecule has 4 aromatic carbocycles. The highest BCUT2D eigenvalue weighted by Gasteiger charge is 2.34. The summed E-state index contributed by atoms with van der Waals surface area (Å²) in [7, 11) is 1.90. The summed E-state index contributed by atoms with van der Waals surface area (Å²) in [6.45, 7) is 5.31. The molecule has 0 saturated heterocycles. The van der Waals surface area contributed by atoms with Crippen LogP contribution in [0.4, 0.5) is 0 Å². The summed E-state index contributed by atoms with van der Waals surface area (Å²) in [5.74, 6) is 1.55. The molecular formula is C40H49N2O6P. The molecule has 0 aliphatic heterocycles. The van der Waals surface area contributed by atoms with E-state index in [1.165, 1.54) is 16.8 Å². The smallest absolute Gasteiger partial charge is 0.207 e. The normalized spacial score (nSPS) is 11.8. The van der Waals surface area contributed by atoms with E-state index in [1.807, 2.05) is 78.9 Å². The Labute approximate surface area is 290 Å². The summed E-state index contributed by atoms with van der Waals surface area (Å²) in [5.41, 5.74) is 4.70. The molecule has 0 amide bonds. The van der Waals surface area contributed by atoms with Crippen LogP contribution in [-0.4, -0.2) is 63.8 Å². The van der Waals surface area contributed by atoms with Gasteiger partial charge >= 0.3 is 0 Å². The number of aryl methyl sites for hydroxylation is 2. The summed E-state index contributed by atoms with van der Waals surface area (Å²) in [4.78, 5) is 0. The zero-order valence-corrected chi connectivity index (χ0v) is 30.1. The summed E-state index contributed by atoms with van der Waals surface area (Å²) in [6, 6.07) is 34.2. The minimum absolute atomic E-state index is 0.204. The molecular weight excluding hydrogens is 635 g/mol. The number of methoxy groups -OCH3 is 3. The lowest BCUT2D eigenvalue weighted by Gasteiger charge is -2.32. The first-order valence-electron chi connectivity index (χ1n) is 16.9. The zero-order chi connectivity index (χ0) is 34.5. The van der Waals surface area contributed by atoms with E-state index in [0.717, 1.165) is 71.8 Å². The number of unbranched alkanes of at least 4 members (excludes halogenated alkanes) is 3. The van der Waals surface area contributed by atoms with Crippen molar-refractivity contribution >= 4 is 28.8 Å². The minimum atomic E-state index is -3.04. The van der Waals surface area contributed by atoms with Gasteiger partial charge in [-0.05, 0) is 97.6 Å². The van der Waals surface area contributed by atoms with Gasteiger partial charge in [0.1, 0.15) is 11.5 Å². The van der Waals surface area contributed by atoms with Gasteiger partial charge in [-0.25, -0.2) is 4.67 Å². The van der Waals surface area contributed by atoms with Crippen LogP contribution in [0.1, 0.15) is 31.2 Å². The average molecular weight is 685 g/mol. The third kappa shape index (κ3) is 8.82. The first-order chi connectivity index (χ1) is 24.0. The van der Waals surface area contributed by atoms with Crippen molar-refractivity contribution in [1.82, 2.24) is 9.24 Å². The van der Waals surface area contributed by atoms with Crippen molar-refractivity contribution in [2.75, 3.05) is 54.6 Å². The Bertz CT molecular complexity index is 1730. The zero-order valence-electron chi connectivity index (χ0n) is 29.2. The Morgan fingerprint density at radius 2 is 1.24 bits per heavy atom. The van der Waals surface area contributed by atoms with Crippen molar-refractivity contribution in [2.24, 2.45) is 0 Å². The molecule has 0 aliphatic carbocycles. The molecule has 8 nitrogen and oxygen atoms in total. The van der Waals surface area contributed by atoms with Crippen LogP contribution in [-0.2, 0) is 25.3 Å². The number of aromatic nitrogens is 1. The molecule has 0 N–H and O–H groups in total. The lowest BCUT2D eigenvalue weighted by Crippen LogP contribution is -2.35.